The number of halogens is 1. The van der Waals surface area contributed by atoms with Gasteiger partial charge in [0, 0.05) is 30.7 Å². The van der Waals surface area contributed by atoms with E-state index in [9.17, 15) is 9.18 Å². The smallest absolute Gasteiger partial charge is 0.410 e. The van der Waals surface area contributed by atoms with Gasteiger partial charge in [-0.25, -0.2) is 14.2 Å². The third-order valence-corrected chi connectivity index (χ3v) is 4.23. The van der Waals surface area contributed by atoms with Crippen LogP contribution in [0.15, 0.2) is 24.5 Å². The van der Waals surface area contributed by atoms with Crippen molar-refractivity contribution in [3.05, 3.63) is 30.3 Å². The molecule has 0 radical (unpaired) electrons. The van der Waals surface area contributed by atoms with Crippen molar-refractivity contribution in [1.29, 1.82) is 0 Å². The summed E-state index contributed by atoms with van der Waals surface area (Å²) in [6.07, 6.45) is 4.57. The van der Waals surface area contributed by atoms with Crippen LogP contribution in [-0.2, 0) is 4.74 Å². The van der Waals surface area contributed by atoms with Gasteiger partial charge in [-0.05, 0) is 45.7 Å². The zero-order valence-corrected chi connectivity index (χ0v) is 13.9. The molecule has 1 saturated carbocycles. The van der Waals surface area contributed by atoms with Crippen LogP contribution in [0.2, 0.25) is 0 Å². The summed E-state index contributed by atoms with van der Waals surface area (Å²) in [6.45, 7) is 5.58. The summed E-state index contributed by atoms with van der Waals surface area (Å²) in [4.78, 5) is 17.9. The Kier molecular flexibility index (Phi) is 3.78. The molecule has 0 aliphatic heterocycles. The maximum atomic E-state index is 13.2. The fourth-order valence-electron chi connectivity index (χ4n) is 2.90. The van der Waals surface area contributed by atoms with Gasteiger partial charge in [-0.2, -0.15) is 0 Å². The first kappa shape index (κ1) is 15.8. The first-order valence-corrected chi connectivity index (χ1v) is 7.82. The number of nitrogens with zero attached hydrogens (tertiary/aromatic N) is 3. The lowest BCUT2D eigenvalue weighted by Gasteiger charge is -2.42. The lowest BCUT2D eigenvalue weighted by atomic mass is 9.85. The summed E-state index contributed by atoms with van der Waals surface area (Å²) in [5.41, 5.74) is 0.300. The highest BCUT2D eigenvalue weighted by atomic mass is 19.1. The van der Waals surface area contributed by atoms with Crippen molar-refractivity contribution in [1.82, 2.24) is 14.5 Å². The minimum atomic E-state index is -0.487. The Morgan fingerprint density at radius 2 is 2.13 bits per heavy atom. The van der Waals surface area contributed by atoms with Gasteiger partial charge in [-0.3, -0.25) is 0 Å². The van der Waals surface area contributed by atoms with Crippen LogP contribution < -0.4 is 0 Å². The van der Waals surface area contributed by atoms with Gasteiger partial charge in [0.2, 0.25) is 0 Å². The predicted molar refractivity (Wildman–Crippen MR) is 85.7 cm³/mol. The summed E-state index contributed by atoms with van der Waals surface area (Å²) in [6, 6.07) is 3.80. The van der Waals surface area contributed by atoms with Gasteiger partial charge in [0.15, 0.2) is 0 Å². The van der Waals surface area contributed by atoms with Crippen molar-refractivity contribution < 1.29 is 13.9 Å². The molecule has 1 aliphatic carbocycles. The maximum absolute atomic E-state index is 13.2. The topological polar surface area (TPSA) is 47.4 Å². The lowest BCUT2D eigenvalue weighted by molar-refractivity contribution is 0.00809. The van der Waals surface area contributed by atoms with E-state index in [0.717, 1.165) is 23.9 Å². The number of carbonyl (C=O) groups is 1. The average Bonchev–Trinajstić information content (AvgIpc) is 2.78. The molecular weight excluding hydrogens is 297 g/mol. The van der Waals surface area contributed by atoms with Crippen LogP contribution >= 0.6 is 0 Å². The second kappa shape index (κ2) is 5.51. The number of amides is 1. The summed E-state index contributed by atoms with van der Waals surface area (Å²) in [5, 5.41) is 0.800. The first-order chi connectivity index (χ1) is 10.7. The van der Waals surface area contributed by atoms with Gasteiger partial charge in [-0.15, -0.1) is 0 Å². The number of ether oxygens (including phenoxy) is 1. The Morgan fingerprint density at radius 1 is 1.43 bits per heavy atom. The van der Waals surface area contributed by atoms with E-state index in [4.69, 9.17) is 4.74 Å². The zero-order chi connectivity index (χ0) is 16.8. The van der Waals surface area contributed by atoms with Gasteiger partial charge in [0.05, 0.1) is 6.20 Å². The molecule has 0 unspecified atom stereocenters. The number of rotatable bonds is 2. The standard InChI is InChI=1S/C17H22FN3O2/c1-17(2,3)23-16(22)20(4)13-8-14(9-13)21-6-5-11-7-12(18)10-19-15(11)21/h5-7,10,13-14H,8-9H2,1-4H3. The molecule has 0 spiro atoms. The fraction of sp³-hybridized carbons (Fsp3) is 0.529. The molecule has 124 valence electrons. The molecule has 0 N–H and O–H groups in total. The first-order valence-electron chi connectivity index (χ1n) is 7.82. The summed E-state index contributed by atoms with van der Waals surface area (Å²) < 4.78 is 20.7. The predicted octanol–water partition coefficient (Wildman–Crippen LogP) is 3.75. The maximum Gasteiger partial charge on any atom is 0.410 e. The molecular formula is C17H22FN3O2. The van der Waals surface area contributed by atoms with Gasteiger partial charge in [0.25, 0.3) is 0 Å². The van der Waals surface area contributed by atoms with Crippen LogP contribution in [0, 0.1) is 5.82 Å². The van der Waals surface area contributed by atoms with Crippen molar-refractivity contribution in [3.8, 4) is 0 Å². The molecule has 2 aromatic heterocycles. The molecule has 2 aromatic rings. The van der Waals surface area contributed by atoms with Gasteiger partial charge >= 0.3 is 6.09 Å². The zero-order valence-electron chi connectivity index (χ0n) is 13.9. The van der Waals surface area contributed by atoms with Crippen molar-refractivity contribution in [2.75, 3.05) is 7.05 Å². The molecule has 1 amide bonds. The monoisotopic (exact) mass is 319 g/mol. The molecule has 0 atom stereocenters. The summed E-state index contributed by atoms with van der Waals surface area (Å²) >= 11 is 0. The second-order valence-electron chi connectivity index (χ2n) is 7.16. The SMILES string of the molecule is CN(C(=O)OC(C)(C)C)C1CC(n2ccc3cc(F)cnc32)C1. The van der Waals surface area contributed by atoms with Crippen LogP contribution in [-0.4, -0.2) is 39.2 Å². The van der Waals surface area contributed by atoms with Crippen LogP contribution in [0.5, 0.6) is 0 Å². The molecule has 5 nitrogen and oxygen atoms in total. The van der Waals surface area contributed by atoms with Crippen molar-refractivity contribution in [2.24, 2.45) is 0 Å². The van der Waals surface area contributed by atoms with Crippen molar-refractivity contribution in [3.63, 3.8) is 0 Å². The third-order valence-electron chi connectivity index (χ3n) is 4.23. The quantitative estimate of drug-likeness (QED) is 0.847. The summed E-state index contributed by atoms with van der Waals surface area (Å²) in [7, 11) is 1.77. The lowest BCUT2D eigenvalue weighted by Crippen LogP contribution is -2.47. The minimum absolute atomic E-state index is 0.160. The van der Waals surface area contributed by atoms with Gasteiger partial charge in [-0.1, -0.05) is 0 Å². The highest BCUT2D eigenvalue weighted by Gasteiger charge is 2.37. The van der Waals surface area contributed by atoms with E-state index >= 15 is 0 Å². The Morgan fingerprint density at radius 3 is 2.78 bits per heavy atom. The van der Waals surface area contributed by atoms with Crippen LogP contribution in [0.3, 0.4) is 0 Å². The van der Waals surface area contributed by atoms with Gasteiger partial charge in [0.1, 0.15) is 17.1 Å². The van der Waals surface area contributed by atoms with Crippen LogP contribution in [0.4, 0.5) is 9.18 Å². The fourth-order valence-corrected chi connectivity index (χ4v) is 2.90. The van der Waals surface area contributed by atoms with Crippen molar-refractivity contribution >= 4 is 17.1 Å². The Balaban J connectivity index is 1.65. The second-order valence-corrected chi connectivity index (χ2v) is 7.16. The van der Waals surface area contributed by atoms with Crippen LogP contribution in [0.25, 0.3) is 11.0 Å². The number of carbonyl (C=O) groups excluding carboxylic acids is 1. The van der Waals surface area contributed by atoms with E-state index in [2.05, 4.69) is 9.55 Å². The molecule has 6 heteroatoms. The van der Waals surface area contributed by atoms with E-state index in [-0.39, 0.29) is 24.0 Å². The number of hydrogen-bond donors (Lipinski definition) is 0. The van der Waals surface area contributed by atoms with Crippen molar-refractivity contribution in [2.45, 2.75) is 51.3 Å². The molecule has 0 bridgehead atoms. The Hall–Kier alpha value is -2.11. The molecule has 2 heterocycles. The van der Waals surface area contributed by atoms with Gasteiger partial charge < -0.3 is 14.2 Å². The highest BCUT2D eigenvalue weighted by molar-refractivity contribution is 5.76. The van der Waals surface area contributed by atoms with E-state index < -0.39 is 5.60 Å². The number of fused-ring (bicyclic) bond motifs is 1. The largest absolute Gasteiger partial charge is 0.444 e. The van der Waals surface area contributed by atoms with E-state index in [1.54, 1.807) is 11.9 Å². The molecule has 0 saturated heterocycles. The number of hydrogen-bond acceptors (Lipinski definition) is 3. The average molecular weight is 319 g/mol. The molecule has 1 aliphatic rings. The molecule has 0 aromatic carbocycles. The highest BCUT2D eigenvalue weighted by Crippen LogP contribution is 2.37. The summed E-state index contributed by atoms with van der Waals surface area (Å²) in [5.74, 6) is -0.327. The Bertz CT molecular complexity index is 729. The van der Waals surface area contributed by atoms with Crippen LogP contribution in [0.1, 0.15) is 39.7 Å². The van der Waals surface area contributed by atoms with E-state index in [1.165, 1.54) is 12.3 Å². The molecule has 3 rings (SSSR count). The number of aromatic nitrogens is 2. The van der Waals surface area contributed by atoms with E-state index in [1.807, 2.05) is 33.0 Å². The molecule has 23 heavy (non-hydrogen) atoms. The van der Waals surface area contributed by atoms with E-state index in [0.29, 0.717) is 0 Å². The minimum Gasteiger partial charge on any atom is -0.444 e. The third kappa shape index (κ3) is 3.16. The normalized spacial score (nSPS) is 21.1. The number of pyridine rings is 1. The molecule has 1 fully saturated rings. The Labute approximate surface area is 135 Å².